The number of hydrazine groups is 1. The summed E-state index contributed by atoms with van der Waals surface area (Å²) in [4.78, 5) is 10.6. The van der Waals surface area contributed by atoms with Gasteiger partial charge >= 0.3 is 5.97 Å². The number of rotatable bonds is 6. The molecule has 4 heteroatoms. The van der Waals surface area contributed by atoms with Crippen LogP contribution in [-0.2, 0) is 9.53 Å². The third-order valence-electron chi connectivity index (χ3n) is 1.18. The lowest BCUT2D eigenvalue weighted by atomic mass is 10.4. The maximum Gasteiger partial charge on any atom is 0.306 e. The van der Waals surface area contributed by atoms with Gasteiger partial charge in [-0.15, -0.1) is 0 Å². The van der Waals surface area contributed by atoms with Gasteiger partial charge in [-0.25, -0.2) is 0 Å². The van der Waals surface area contributed by atoms with Crippen molar-refractivity contribution in [3.63, 3.8) is 0 Å². The second-order valence-corrected chi connectivity index (χ2v) is 2.18. The zero-order valence-electron chi connectivity index (χ0n) is 7.14. The van der Waals surface area contributed by atoms with E-state index in [1.807, 2.05) is 0 Å². The van der Waals surface area contributed by atoms with Crippen LogP contribution in [0.25, 0.3) is 0 Å². The number of esters is 1. The van der Waals surface area contributed by atoms with E-state index in [0.29, 0.717) is 13.0 Å². The van der Waals surface area contributed by atoms with Crippen LogP contribution in [0.5, 0.6) is 0 Å². The highest BCUT2D eigenvalue weighted by Gasteiger charge is 1.96. The van der Waals surface area contributed by atoms with Gasteiger partial charge in [0.25, 0.3) is 0 Å². The summed E-state index contributed by atoms with van der Waals surface area (Å²) in [6, 6.07) is 0. The molecule has 0 saturated carbocycles. The Hall–Kier alpha value is -0.610. The first-order valence-electron chi connectivity index (χ1n) is 3.83. The van der Waals surface area contributed by atoms with Crippen LogP contribution in [0, 0.1) is 0 Å². The largest absolute Gasteiger partial charge is 0.469 e. The summed E-state index contributed by atoms with van der Waals surface area (Å²) in [5.74, 6) is -0.184. The Bertz CT molecular complexity index is 107. The van der Waals surface area contributed by atoms with E-state index in [1.54, 1.807) is 0 Å². The smallest absolute Gasteiger partial charge is 0.306 e. The fraction of sp³-hybridized carbons (Fsp3) is 0.857. The molecule has 0 bridgehead atoms. The Morgan fingerprint density at radius 2 is 2.00 bits per heavy atom. The first-order chi connectivity index (χ1) is 5.31. The van der Waals surface area contributed by atoms with Gasteiger partial charge in [0.15, 0.2) is 0 Å². The molecule has 0 rings (SSSR count). The van der Waals surface area contributed by atoms with Crippen LogP contribution >= 0.6 is 0 Å². The van der Waals surface area contributed by atoms with Gasteiger partial charge in [0.2, 0.25) is 0 Å². The SMILES string of the molecule is CCCNNCCC(=O)OC. The number of ether oxygens (including phenoxy) is 1. The van der Waals surface area contributed by atoms with Crippen LogP contribution in [0.4, 0.5) is 0 Å². The molecule has 0 aromatic rings. The Balaban J connectivity index is 2.95. The normalized spacial score (nSPS) is 9.64. The van der Waals surface area contributed by atoms with Gasteiger partial charge in [-0.2, -0.15) is 0 Å². The second kappa shape index (κ2) is 7.50. The predicted molar refractivity (Wildman–Crippen MR) is 42.9 cm³/mol. The van der Waals surface area contributed by atoms with Gasteiger partial charge in [0.1, 0.15) is 0 Å². The third kappa shape index (κ3) is 7.29. The van der Waals surface area contributed by atoms with Crippen molar-refractivity contribution in [2.75, 3.05) is 20.2 Å². The van der Waals surface area contributed by atoms with Gasteiger partial charge in [-0.05, 0) is 6.42 Å². The number of hydrogen-bond donors (Lipinski definition) is 2. The van der Waals surface area contributed by atoms with Gasteiger partial charge < -0.3 is 4.74 Å². The summed E-state index contributed by atoms with van der Waals surface area (Å²) in [6.45, 7) is 3.61. The minimum atomic E-state index is -0.184. The summed E-state index contributed by atoms with van der Waals surface area (Å²) in [6.07, 6.45) is 1.48. The molecule has 0 spiro atoms. The zero-order chi connectivity index (χ0) is 8.53. The van der Waals surface area contributed by atoms with Crippen molar-refractivity contribution in [3.8, 4) is 0 Å². The average Bonchev–Trinajstić information content (AvgIpc) is 2.04. The molecule has 0 aliphatic rings. The molecule has 0 aromatic carbocycles. The first-order valence-corrected chi connectivity index (χ1v) is 3.83. The minimum Gasteiger partial charge on any atom is -0.469 e. The van der Waals surface area contributed by atoms with E-state index in [9.17, 15) is 4.79 Å². The van der Waals surface area contributed by atoms with Crippen molar-refractivity contribution in [1.82, 2.24) is 10.9 Å². The highest BCUT2D eigenvalue weighted by Crippen LogP contribution is 1.79. The summed E-state index contributed by atoms with van der Waals surface area (Å²) < 4.78 is 4.45. The maximum atomic E-state index is 10.6. The molecule has 66 valence electrons. The number of nitrogens with one attached hydrogen (secondary N) is 2. The van der Waals surface area contributed by atoms with Crippen molar-refractivity contribution in [2.45, 2.75) is 19.8 Å². The Kier molecular flexibility index (Phi) is 7.08. The molecule has 11 heavy (non-hydrogen) atoms. The van der Waals surface area contributed by atoms with E-state index in [0.717, 1.165) is 13.0 Å². The van der Waals surface area contributed by atoms with Gasteiger partial charge in [0, 0.05) is 13.1 Å². The Morgan fingerprint density at radius 3 is 2.55 bits per heavy atom. The van der Waals surface area contributed by atoms with E-state index < -0.39 is 0 Å². The Labute approximate surface area is 67.3 Å². The van der Waals surface area contributed by atoms with Gasteiger partial charge in [0.05, 0.1) is 13.5 Å². The van der Waals surface area contributed by atoms with Crippen LogP contribution in [0.15, 0.2) is 0 Å². The number of hydrogen-bond acceptors (Lipinski definition) is 4. The lowest BCUT2D eigenvalue weighted by Crippen LogP contribution is -2.34. The number of methoxy groups -OCH3 is 1. The molecule has 0 aliphatic carbocycles. The van der Waals surface area contributed by atoms with Crippen LogP contribution in [-0.4, -0.2) is 26.2 Å². The molecule has 0 aromatic heterocycles. The number of carbonyl (C=O) groups excluding carboxylic acids is 1. The van der Waals surface area contributed by atoms with E-state index in [2.05, 4.69) is 22.5 Å². The third-order valence-corrected chi connectivity index (χ3v) is 1.18. The maximum absolute atomic E-state index is 10.6. The fourth-order valence-corrected chi connectivity index (χ4v) is 0.568. The molecule has 0 atom stereocenters. The average molecular weight is 160 g/mol. The monoisotopic (exact) mass is 160 g/mol. The fourth-order valence-electron chi connectivity index (χ4n) is 0.568. The highest BCUT2D eigenvalue weighted by molar-refractivity contribution is 5.69. The van der Waals surface area contributed by atoms with Crippen molar-refractivity contribution >= 4 is 5.97 Å². The Morgan fingerprint density at radius 1 is 1.36 bits per heavy atom. The number of carbonyl (C=O) groups is 1. The molecule has 2 N–H and O–H groups in total. The molecule has 0 unspecified atom stereocenters. The molecule has 0 saturated heterocycles. The zero-order valence-corrected chi connectivity index (χ0v) is 7.14. The lowest BCUT2D eigenvalue weighted by Gasteiger charge is -2.03. The van der Waals surface area contributed by atoms with Crippen molar-refractivity contribution in [1.29, 1.82) is 0 Å². The van der Waals surface area contributed by atoms with E-state index in [1.165, 1.54) is 7.11 Å². The highest BCUT2D eigenvalue weighted by atomic mass is 16.5. The molecular weight excluding hydrogens is 144 g/mol. The molecule has 4 nitrogen and oxygen atoms in total. The summed E-state index contributed by atoms with van der Waals surface area (Å²) in [5.41, 5.74) is 5.86. The van der Waals surface area contributed by atoms with Crippen LogP contribution < -0.4 is 10.9 Å². The molecular formula is C7H16N2O2. The lowest BCUT2D eigenvalue weighted by molar-refractivity contribution is -0.140. The summed E-state index contributed by atoms with van der Waals surface area (Å²) in [7, 11) is 1.39. The standard InChI is InChI=1S/C7H16N2O2/c1-3-5-8-9-6-4-7(10)11-2/h8-9H,3-6H2,1-2H3. The summed E-state index contributed by atoms with van der Waals surface area (Å²) in [5, 5.41) is 0. The van der Waals surface area contributed by atoms with Crippen molar-refractivity contribution in [2.24, 2.45) is 0 Å². The van der Waals surface area contributed by atoms with Gasteiger partial charge in [-0.1, -0.05) is 6.92 Å². The van der Waals surface area contributed by atoms with E-state index in [-0.39, 0.29) is 5.97 Å². The van der Waals surface area contributed by atoms with Crippen molar-refractivity contribution in [3.05, 3.63) is 0 Å². The van der Waals surface area contributed by atoms with E-state index in [4.69, 9.17) is 0 Å². The molecule has 0 aliphatic heterocycles. The van der Waals surface area contributed by atoms with E-state index >= 15 is 0 Å². The minimum absolute atomic E-state index is 0.184. The van der Waals surface area contributed by atoms with Crippen LogP contribution in [0.1, 0.15) is 19.8 Å². The van der Waals surface area contributed by atoms with Crippen molar-refractivity contribution < 1.29 is 9.53 Å². The molecule has 0 amide bonds. The quantitative estimate of drug-likeness (QED) is 0.327. The molecule has 0 heterocycles. The topological polar surface area (TPSA) is 50.4 Å². The second-order valence-electron chi connectivity index (χ2n) is 2.18. The predicted octanol–water partition coefficient (Wildman–Crippen LogP) is 0.0537. The molecule has 0 radical (unpaired) electrons. The van der Waals surface area contributed by atoms with Crippen LogP contribution in [0.3, 0.4) is 0 Å². The van der Waals surface area contributed by atoms with Gasteiger partial charge in [-0.3, -0.25) is 15.6 Å². The first kappa shape index (κ1) is 10.4. The molecule has 0 fully saturated rings. The van der Waals surface area contributed by atoms with Crippen LogP contribution in [0.2, 0.25) is 0 Å². The summed E-state index contributed by atoms with van der Waals surface area (Å²) >= 11 is 0.